The summed E-state index contributed by atoms with van der Waals surface area (Å²) in [6.45, 7) is 5.44. The van der Waals surface area contributed by atoms with Gasteiger partial charge in [0.05, 0.1) is 6.54 Å². The third-order valence-electron chi connectivity index (χ3n) is 6.55. The van der Waals surface area contributed by atoms with E-state index in [9.17, 15) is 9.59 Å². The van der Waals surface area contributed by atoms with Gasteiger partial charge in [0.2, 0.25) is 5.91 Å². The number of carbonyl (C=O) groups is 2. The highest BCUT2D eigenvalue weighted by molar-refractivity contribution is 5.78. The zero-order valence-corrected chi connectivity index (χ0v) is 15.3. The lowest BCUT2D eigenvalue weighted by Gasteiger charge is -2.36. The van der Waals surface area contributed by atoms with Gasteiger partial charge in [0.15, 0.2) is 0 Å². The van der Waals surface area contributed by atoms with Crippen molar-refractivity contribution in [3.05, 3.63) is 0 Å². The van der Waals surface area contributed by atoms with Gasteiger partial charge in [-0.1, -0.05) is 12.8 Å². The molecule has 0 bridgehead atoms. The molecular formula is C19H32N4O2. The molecule has 0 radical (unpaired) electrons. The number of urea groups is 1. The lowest BCUT2D eigenvalue weighted by atomic mass is 10.1. The molecule has 1 N–H and O–H groups in total. The van der Waals surface area contributed by atoms with Gasteiger partial charge in [-0.3, -0.25) is 9.69 Å². The minimum Gasteiger partial charge on any atom is -0.342 e. The van der Waals surface area contributed by atoms with E-state index in [2.05, 4.69) is 10.2 Å². The van der Waals surface area contributed by atoms with Gasteiger partial charge in [-0.05, 0) is 43.9 Å². The van der Waals surface area contributed by atoms with E-state index < -0.39 is 0 Å². The van der Waals surface area contributed by atoms with Gasteiger partial charge < -0.3 is 15.1 Å². The molecule has 6 heteroatoms. The minimum atomic E-state index is 0.102. The molecule has 3 amide bonds. The highest BCUT2D eigenvalue weighted by Crippen LogP contribution is 2.51. The van der Waals surface area contributed by atoms with Crippen LogP contribution in [0.25, 0.3) is 0 Å². The van der Waals surface area contributed by atoms with E-state index in [1.165, 1.54) is 32.1 Å². The summed E-state index contributed by atoms with van der Waals surface area (Å²) in [5.41, 5.74) is 0. The number of hydrogen-bond acceptors (Lipinski definition) is 3. The molecule has 2 atom stereocenters. The molecule has 2 aliphatic heterocycles. The number of carbonyl (C=O) groups excluding carboxylic acids is 2. The molecule has 0 spiro atoms. The van der Waals surface area contributed by atoms with Crippen LogP contribution in [0.15, 0.2) is 0 Å². The summed E-state index contributed by atoms with van der Waals surface area (Å²) in [7, 11) is 0. The van der Waals surface area contributed by atoms with E-state index in [0.29, 0.717) is 12.6 Å². The highest BCUT2D eigenvalue weighted by Gasteiger charge is 2.46. The van der Waals surface area contributed by atoms with Crippen LogP contribution in [0.2, 0.25) is 0 Å². The molecule has 0 aromatic heterocycles. The van der Waals surface area contributed by atoms with Crippen LogP contribution >= 0.6 is 0 Å². The van der Waals surface area contributed by atoms with Crippen LogP contribution in [0.4, 0.5) is 4.79 Å². The summed E-state index contributed by atoms with van der Waals surface area (Å²) in [5.74, 6) is 2.06. The molecule has 2 aliphatic carbocycles. The van der Waals surface area contributed by atoms with Gasteiger partial charge in [0, 0.05) is 45.3 Å². The number of fused-ring (bicyclic) bond motifs is 1. The molecule has 4 fully saturated rings. The van der Waals surface area contributed by atoms with Gasteiger partial charge in [0.1, 0.15) is 0 Å². The highest BCUT2D eigenvalue weighted by atomic mass is 16.2. The Kier molecular flexibility index (Phi) is 5.15. The van der Waals surface area contributed by atoms with E-state index in [1.54, 1.807) is 0 Å². The van der Waals surface area contributed by atoms with Crippen LogP contribution in [0, 0.1) is 11.8 Å². The molecule has 6 nitrogen and oxygen atoms in total. The second kappa shape index (κ2) is 7.52. The quantitative estimate of drug-likeness (QED) is 0.841. The summed E-state index contributed by atoms with van der Waals surface area (Å²) < 4.78 is 0. The summed E-state index contributed by atoms with van der Waals surface area (Å²) in [6, 6.07) is 0.503. The van der Waals surface area contributed by atoms with E-state index in [4.69, 9.17) is 0 Å². The smallest absolute Gasteiger partial charge is 0.317 e. The van der Waals surface area contributed by atoms with Crippen molar-refractivity contribution in [1.82, 2.24) is 20.0 Å². The van der Waals surface area contributed by atoms with Gasteiger partial charge >= 0.3 is 6.03 Å². The molecule has 2 unspecified atom stereocenters. The minimum absolute atomic E-state index is 0.102. The number of likely N-dealkylation sites (tertiary alicyclic amines) is 1. The summed E-state index contributed by atoms with van der Waals surface area (Å²) >= 11 is 0. The maximum atomic E-state index is 12.5. The number of nitrogens with one attached hydrogen (secondary N) is 1. The summed E-state index contributed by atoms with van der Waals surface area (Å²) in [4.78, 5) is 31.1. The predicted molar refractivity (Wildman–Crippen MR) is 96.2 cm³/mol. The second-order valence-corrected chi connectivity index (χ2v) is 8.43. The third kappa shape index (κ3) is 4.27. The van der Waals surface area contributed by atoms with E-state index >= 15 is 0 Å². The average Bonchev–Trinajstić information content (AvgIpc) is 3.31. The van der Waals surface area contributed by atoms with Gasteiger partial charge in [0.25, 0.3) is 0 Å². The molecule has 0 aromatic carbocycles. The van der Waals surface area contributed by atoms with Crippen molar-refractivity contribution in [2.24, 2.45) is 11.8 Å². The first-order valence-electron chi connectivity index (χ1n) is 10.2. The fourth-order valence-electron chi connectivity index (χ4n) is 4.82. The largest absolute Gasteiger partial charge is 0.342 e. The zero-order valence-electron chi connectivity index (χ0n) is 15.3. The van der Waals surface area contributed by atoms with Crippen molar-refractivity contribution in [2.75, 3.05) is 45.8 Å². The molecular weight excluding hydrogens is 316 g/mol. The molecule has 0 aromatic rings. The van der Waals surface area contributed by atoms with Crippen molar-refractivity contribution in [3.63, 3.8) is 0 Å². The number of piperazine rings is 1. The monoisotopic (exact) mass is 348 g/mol. The lowest BCUT2D eigenvalue weighted by molar-refractivity contribution is -0.132. The van der Waals surface area contributed by atoms with Gasteiger partial charge in [-0.15, -0.1) is 0 Å². The first-order valence-corrected chi connectivity index (χ1v) is 10.2. The van der Waals surface area contributed by atoms with Crippen LogP contribution in [-0.4, -0.2) is 78.5 Å². The Bertz CT molecular complexity index is 486. The number of rotatable bonds is 3. The fourth-order valence-corrected chi connectivity index (χ4v) is 4.82. The predicted octanol–water partition coefficient (Wildman–Crippen LogP) is 1.51. The Labute approximate surface area is 150 Å². The van der Waals surface area contributed by atoms with Crippen LogP contribution in [0.5, 0.6) is 0 Å². The Balaban J connectivity index is 1.17. The fraction of sp³-hybridized carbons (Fsp3) is 0.895. The van der Waals surface area contributed by atoms with Crippen molar-refractivity contribution in [2.45, 2.75) is 51.0 Å². The maximum Gasteiger partial charge on any atom is 0.317 e. The third-order valence-corrected chi connectivity index (χ3v) is 6.55. The van der Waals surface area contributed by atoms with E-state index in [0.717, 1.165) is 63.9 Å². The molecule has 4 aliphatic rings. The van der Waals surface area contributed by atoms with Crippen molar-refractivity contribution in [3.8, 4) is 0 Å². The maximum absolute atomic E-state index is 12.5. The molecule has 25 heavy (non-hydrogen) atoms. The first kappa shape index (κ1) is 17.1. The Morgan fingerprint density at radius 2 is 1.40 bits per heavy atom. The summed E-state index contributed by atoms with van der Waals surface area (Å²) in [5, 5.41) is 3.22. The first-order chi connectivity index (χ1) is 12.2. The number of hydrogen-bond donors (Lipinski definition) is 1. The van der Waals surface area contributed by atoms with Crippen LogP contribution in [0.3, 0.4) is 0 Å². The van der Waals surface area contributed by atoms with Crippen molar-refractivity contribution >= 4 is 11.9 Å². The molecule has 2 heterocycles. The van der Waals surface area contributed by atoms with Gasteiger partial charge in [-0.25, -0.2) is 4.79 Å². The summed E-state index contributed by atoms with van der Waals surface area (Å²) in [6.07, 6.45) is 8.53. The molecule has 2 saturated carbocycles. The Hall–Kier alpha value is -1.30. The number of amides is 3. The number of nitrogens with zero attached hydrogens (tertiary/aromatic N) is 3. The lowest BCUT2D eigenvalue weighted by Crippen LogP contribution is -2.54. The second-order valence-electron chi connectivity index (χ2n) is 8.43. The SMILES string of the molecule is O=C(CN1CCN(C(=O)NC2CC3CC3C2)CC1)N1CCCCCC1. The van der Waals surface area contributed by atoms with Crippen molar-refractivity contribution in [1.29, 1.82) is 0 Å². The average molecular weight is 348 g/mol. The molecule has 140 valence electrons. The topological polar surface area (TPSA) is 55.9 Å². The standard InChI is InChI=1S/C19H32N4O2/c24-18(22-5-3-1-2-4-6-22)14-21-7-9-23(10-8-21)19(25)20-17-12-15-11-16(15)13-17/h15-17H,1-14H2,(H,20,25). The van der Waals surface area contributed by atoms with E-state index in [-0.39, 0.29) is 11.9 Å². The van der Waals surface area contributed by atoms with Crippen LogP contribution < -0.4 is 5.32 Å². The van der Waals surface area contributed by atoms with Crippen LogP contribution in [-0.2, 0) is 4.79 Å². The van der Waals surface area contributed by atoms with E-state index in [1.807, 2.05) is 9.80 Å². The Morgan fingerprint density at radius 1 is 0.760 bits per heavy atom. The Morgan fingerprint density at radius 3 is 2.04 bits per heavy atom. The molecule has 2 saturated heterocycles. The van der Waals surface area contributed by atoms with Crippen molar-refractivity contribution < 1.29 is 9.59 Å². The van der Waals surface area contributed by atoms with Crippen LogP contribution in [0.1, 0.15) is 44.9 Å². The normalized spacial score (nSPS) is 32.9. The zero-order chi connectivity index (χ0) is 17.2. The molecule has 4 rings (SSSR count). The van der Waals surface area contributed by atoms with Gasteiger partial charge in [-0.2, -0.15) is 0 Å².